The second-order valence-electron chi connectivity index (χ2n) is 4.76. The molecule has 22 heavy (non-hydrogen) atoms. The molecule has 0 aromatic carbocycles. The highest BCUT2D eigenvalue weighted by Crippen LogP contribution is 2.23. The molecule has 3 heterocycles. The van der Waals surface area contributed by atoms with E-state index in [4.69, 9.17) is 9.26 Å². The zero-order chi connectivity index (χ0) is 15.4. The summed E-state index contributed by atoms with van der Waals surface area (Å²) in [6.45, 7) is 2.44. The lowest BCUT2D eigenvalue weighted by atomic mass is 10.2. The van der Waals surface area contributed by atoms with Gasteiger partial charge in [-0.2, -0.15) is 4.98 Å². The Morgan fingerprint density at radius 1 is 1.36 bits per heavy atom. The van der Waals surface area contributed by atoms with E-state index in [0.717, 1.165) is 11.4 Å². The lowest BCUT2D eigenvalue weighted by molar-refractivity contribution is 0.174. The summed E-state index contributed by atoms with van der Waals surface area (Å²) in [5.41, 5.74) is 0.782. The Labute approximate surface area is 132 Å². The van der Waals surface area contributed by atoms with Gasteiger partial charge in [0.25, 0.3) is 5.89 Å². The molecular formula is C15H16N4O2S. The van der Waals surface area contributed by atoms with Crippen molar-refractivity contribution in [2.45, 2.75) is 19.6 Å². The first-order valence-corrected chi connectivity index (χ1v) is 7.72. The first kappa shape index (κ1) is 14.7. The number of rotatable bonds is 6. The summed E-state index contributed by atoms with van der Waals surface area (Å²) in [4.78, 5) is 9.90. The molecule has 0 fully saturated rings. The van der Waals surface area contributed by atoms with E-state index < -0.39 is 0 Å². The number of hydrogen-bond acceptors (Lipinski definition) is 7. The van der Waals surface area contributed by atoms with E-state index in [2.05, 4.69) is 38.8 Å². The number of ether oxygens (including phenoxy) is 1. The molecule has 3 rings (SSSR count). The minimum Gasteiger partial charge on any atom is -0.377 e. The average molecular weight is 316 g/mol. The summed E-state index contributed by atoms with van der Waals surface area (Å²) in [6.07, 6.45) is 1.72. The van der Waals surface area contributed by atoms with Crippen LogP contribution in [0.2, 0.25) is 0 Å². The Morgan fingerprint density at radius 3 is 2.95 bits per heavy atom. The predicted octanol–water partition coefficient (Wildman–Crippen LogP) is 3.51. The third-order valence-corrected chi connectivity index (χ3v) is 4.14. The van der Waals surface area contributed by atoms with Gasteiger partial charge in [-0.15, -0.1) is 11.3 Å². The Bertz CT molecular complexity index is 709. The Balaban J connectivity index is 1.69. The maximum absolute atomic E-state index is 5.18. The van der Waals surface area contributed by atoms with Crippen molar-refractivity contribution >= 4 is 17.2 Å². The summed E-state index contributed by atoms with van der Waals surface area (Å²) in [5, 5.41) is 9.26. The fraction of sp³-hybridized carbons (Fsp3) is 0.267. The SMILES string of the molecule is COCc1noc(-c2ccc(NC(C)c3cccs3)nc2)n1. The van der Waals surface area contributed by atoms with Crippen LogP contribution >= 0.6 is 11.3 Å². The van der Waals surface area contributed by atoms with Gasteiger partial charge < -0.3 is 14.6 Å². The van der Waals surface area contributed by atoms with Gasteiger partial charge in [0.15, 0.2) is 5.82 Å². The molecule has 3 aromatic rings. The summed E-state index contributed by atoms with van der Waals surface area (Å²) in [6, 6.07) is 8.17. The zero-order valence-electron chi connectivity index (χ0n) is 12.3. The van der Waals surface area contributed by atoms with Crippen molar-refractivity contribution in [3.8, 4) is 11.5 Å². The van der Waals surface area contributed by atoms with Crippen LogP contribution in [0.5, 0.6) is 0 Å². The lowest BCUT2D eigenvalue weighted by Gasteiger charge is -2.12. The number of anilines is 1. The molecule has 0 aliphatic rings. The molecule has 0 saturated carbocycles. The van der Waals surface area contributed by atoms with E-state index in [1.165, 1.54) is 4.88 Å². The molecule has 6 nitrogen and oxygen atoms in total. The number of aromatic nitrogens is 3. The first-order valence-electron chi connectivity index (χ1n) is 6.84. The number of hydrogen-bond donors (Lipinski definition) is 1. The van der Waals surface area contributed by atoms with Gasteiger partial charge in [0.2, 0.25) is 0 Å². The Kier molecular flexibility index (Phi) is 4.45. The predicted molar refractivity (Wildman–Crippen MR) is 84.6 cm³/mol. The summed E-state index contributed by atoms with van der Waals surface area (Å²) in [5.74, 6) is 1.77. The van der Waals surface area contributed by atoms with Crippen molar-refractivity contribution in [2.24, 2.45) is 0 Å². The van der Waals surface area contributed by atoms with Crippen molar-refractivity contribution < 1.29 is 9.26 Å². The molecule has 1 N–H and O–H groups in total. The van der Waals surface area contributed by atoms with Gasteiger partial charge in [0, 0.05) is 18.2 Å². The Hall–Kier alpha value is -2.25. The van der Waals surface area contributed by atoms with E-state index in [0.29, 0.717) is 18.3 Å². The van der Waals surface area contributed by atoms with Gasteiger partial charge in [-0.25, -0.2) is 4.98 Å². The monoisotopic (exact) mass is 316 g/mol. The molecule has 0 aliphatic carbocycles. The van der Waals surface area contributed by atoms with Crippen LogP contribution in [0.4, 0.5) is 5.82 Å². The maximum atomic E-state index is 5.18. The molecule has 1 atom stereocenters. The van der Waals surface area contributed by atoms with Crippen molar-refractivity contribution in [3.63, 3.8) is 0 Å². The standard InChI is InChI=1S/C15H16N4O2S/c1-10(12-4-3-7-22-12)17-13-6-5-11(8-16-13)15-18-14(9-20-2)19-21-15/h3-8,10H,9H2,1-2H3,(H,16,17). The van der Waals surface area contributed by atoms with Gasteiger partial charge in [0.05, 0.1) is 11.6 Å². The summed E-state index contributed by atoms with van der Waals surface area (Å²) < 4.78 is 10.1. The molecular weight excluding hydrogens is 300 g/mol. The third-order valence-electron chi connectivity index (χ3n) is 3.09. The fourth-order valence-electron chi connectivity index (χ4n) is 2.00. The normalized spacial score (nSPS) is 12.3. The minimum absolute atomic E-state index is 0.218. The van der Waals surface area contributed by atoms with Crippen LogP contribution in [0.25, 0.3) is 11.5 Å². The molecule has 0 amide bonds. The van der Waals surface area contributed by atoms with Crippen LogP contribution in [-0.4, -0.2) is 22.2 Å². The van der Waals surface area contributed by atoms with Crippen molar-refractivity contribution in [1.82, 2.24) is 15.1 Å². The van der Waals surface area contributed by atoms with E-state index >= 15 is 0 Å². The minimum atomic E-state index is 0.218. The highest BCUT2D eigenvalue weighted by atomic mass is 32.1. The molecule has 0 bridgehead atoms. The second-order valence-corrected chi connectivity index (χ2v) is 5.74. The smallest absolute Gasteiger partial charge is 0.259 e. The van der Waals surface area contributed by atoms with Crippen LogP contribution in [0.15, 0.2) is 40.4 Å². The molecule has 0 spiro atoms. The quantitative estimate of drug-likeness (QED) is 0.750. The maximum Gasteiger partial charge on any atom is 0.259 e. The second kappa shape index (κ2) is 6.67. The van der Waals surface area contributed by atoms with Crippen LogP contribution < -0.4 is 5.32 Å². The number of pyridine rings is 1. The van der Waals surface area contributed by atoms with E-state index in [1.807, 2.05) is 18.2 Å². The van der Waals surface area contributed by atoms with Gasteiger partial charge in [0.1, 0.15) is 12.4 Å². The zero-order valence-corrected chi connectivity index (χ0v) is 13.1. The summed E-state index contributed by atoms with van der Waals surface area (Å²) in [7, 11) is 1.59. The Morgan fingerprint density at radius 2 is 2.27 bits per heavy atom. The van der Waals surface area contributed by atoms with E-state index in [9.17, 15) is 0 Å². The number of thiophene rings is 1. The lowest BCUT2D eigenvalue weighted by Crippen LogP contribution is -2.06. The molecule has 0 aliphatic heterocycles. The molecule has 3 aromatic heterocycles. The average Bonchev–Trinajstić information content (AvgIpc) is 3.20. The molecule has 114 valence electrons. The van der Waals surface area contributed by atoms with Gasteiger partial charge >= 0.3 is 0 Å². The van der Waals surface area contributed by atoms with Gasteiger partial charge in [-0.3, -0.25) is 0 Å². The molecule has 0 radical (unpaired) electrons. The van der Waals surface area contributed by atoms with Crippen molar-refractivity contribution in [1.29, 1.82) is 0 Å². The van der Waals surface area contributed by atoms with Gasteiger partial charge in [-0.1, -0.05) is 11.2 Å². The molecule has 1 unspecified atom stereocenters. The topological polar surface area (TPSA) is 73.1 Å². The third kappa shape index (κ3) is 3.32. The molecule has 0 saturated heterocycles. The highest BCUT2D eigenvalue weighted by molar-refractivity contribution is 7.10. The van der Waals surface area contributed by atoms with Crippen LogP contribution in [0.1, 0.15) is 23.7 Å². The van der Waals surface area contributed by atoms with E-state index in [1.54, 1.807) is 24.6 Å². The van der Waals surface area contributed by atoms with Crippen molar-refractivity contribution in [2.75, 3.05) is 12.4 Å². The summed E-state index contributed by atoms with van der Waals surface area (Å²) >= 11 is 1.72. The fourth-order valence-corrected chi connectivity index (χ4v) is 2.73. The van der Waals surface area contributed by atoms with Crippen molar-refractivity contribution in [3.05, 3.63) is 46.5 Å². The molecule has 7 heteroatoms. The number of nitrogens with one attached hydrogen (secondary N) is 1. The van der Waals surface area contributed by atoms with Crippen LogP contribution in [-0.2, 0) is 11.3 Å². The van der Waals surface area contributed by atoms with Crippen LogP contribution in [0.3, 0.4) is 0 Å². The van der Waals surface area contributed by atoms with Crippen LogP contribution in [0, 0.1) is 0 Å². The largest absolute Gasteiger partial charge is 0.377 e. The number of methoxy groups -OCH3 is 1. The number of nitrogens with zero attached hydrogens (tertiary/aromatic N) is 3. The van der Waals surface area contributed by atoms with Gasteiger partial charge in [-0.05, 0) is 30.5 Å². The first-order chi connectivity index (χ1) is 10.8. The highest BCUT2D eigenvalue weighted by Gasteiger charge is 2.10. The van der Waals surface area contributed by atoms with E-state index in [-0.39, 0.29) is 6.04 Å².